The van der Waals surface area contributed by atoms with Crippen LogP contribution in [0, 0.1) is 5.92 Å². The van der Waals surface area contributed by atoms with E-state index in [0.29, 0.717) is 6.04 Å². The quantitative estimate of drug-likeness (QED) is 0.621. The fourth-order valence-electron chi connectivity index (χ4n) is 2.84. The van der Waals surface area contributed by atoms with Crippen LogP contribution < -0.4 is 5.32 Å². The van der Waals surface area contributed by atoms with Gasteiger partial charge in [0.05, 0.1) is 6.61 Å². The van der Waals surface area contributed by atoms with Crippen LogP contribution in [0.3, 0.4) is 0 Å². The maximum Gasteiger partial charge on any atom is 0.0509 e. The number of hydrogen-bond donors (Lipinski definition) is 1. The highest BCUT2D eigenvalue weighted by Gasteiger charge is 2.22. The first-order chi connectivity index (χ1) is 8.38. The fraction of sp³-hybridized carbons (Fsp3) is 1.00. The molecule has 0 aliphatic carbocycles. The van der Waals surface area contributed by atoms with Crippen LogP contribution in [0.2, 0.25) is 0 Å². The van der Waals surface area contributed by atoms with Crippen LogP contribution in [0.4, 0.5) is 0 Å². The molecule has 0 amide bonds. The monoisotopic (exact) mass is 241 g/mol. The summed E-state index contributed by atoms with van der Waals surface area (Å²) < 4.78 is 5.58. The van der Waals surface area contributed by atoms with Gasteiger partial charge in [0.2, 0.25) is 0 Å². The molecule has 0 aromatic carbocycles. The number of rotatable bonds is 9. The minimum absolute atomic E-state index is 0.682. The molecule has 2 heteroatoms. The molecule has 0 saturated carbocycles. The molecule has 2 unspecified atom stereocenters. The predicted octanol–water partition coefficient (Wildman–Crippen LogP) is 3.75. The lowest BCUT2D eigenvalue weighted by atomic mass is 9.90. The van der Waals surface area contributed by atoms with E-state index in [-0.39, 0.29) is 0 Å². The van der Waals surface area contributed by atoms with E-state index in [1.165, 1.54) is 57.8 Å². The van der Waals surface area contributed by atoms with Crippen molar-refractivity contribution in [3.05, 3.63) is 0 Å². The molecule has 17 heavy (non-hydrogen) atoms. The van der Waals surface area contributed by atoms with Gasteiger partial charge in [-0.3, -0.25) is 0 Å². The lowest BCUT2D eigenvalue weighted by molar-refractivity contribution is 0.0387. The minimum atomic E-state index is 0.682. The molecule has 2 nitrogen and oxygen atoms in total. The van der Waals surface area contributed by atoms with Crippen molar-refractivity contribution in [2.45, 2.75) is 70.8 Å². The zero-order valence-electron chi connectivity index (χ0n) is 11.8. The van der Waals surface area contributed by atoms with E-state index in [1.807, 2.05) is 0 Å². The Morgan fingerprint density at radius 3 is 2.59 bits per heavy atom. The average Bonchev–Trinajstić information content (AvgIpc) is 2.39. The van der Waals surface area contributed by atoms with Gasteiger partial charge in [-0.25, -0.2) is 0 Å². The van der Waals surface area contributed by atoms with Gasteiger partial charge >= 0.3 is 0 Å². The van der Waals surface area contributed by atoms with Crippen LogP contribution in [0.25, 0.3) is 0 Å². The van der Waals surface area contributed by atoms with Gasteiger partial charge in [-0.05, 0) is 32.2 Å². The summed E-state index contributed by atoms with van der Waals surface area (Å²) in [5.41, 5.74) is 0. The van der Waals surface area contributed by atoms with E-state index < -0.39 is 0 Å². The summed E-state index contributed by atoms with van der Waals surface area (Å²) in [4.78, 5) is 0. The maximum atomic E-state index is 5.58. The first-order valence-electron chi connectivity index (χ1n) is 7.63. The normalized spacial score (nSPS) is 22.6. The largest absolute Gasteiger partial charge is 0.381 e. The Labute approximate surface area is 108 Å². The third-order valence-electron chi connectivity index (χ3n) is 4.00. The van der Waals surface area contributed by atoms with Crippen molar-refractivity contribution in [3.63, 3.8) is 0 Å². The van der Waals surface area contributed by atoms with Gasteiger partial charge in [-0.15, -0.1) is 0 Å². The molecule has 1 rings (SSSR count). The van der Waals surface area contributed by atoms with Crippen LogP contribution in [-0.2, 0) is 4.74 Å². The van der Waals surface area contributed by atoms with E-state index in [1.54, 1.807) is 0 Å². The summed E-state index contributed by atoms with van der Waals surface area (Å²) in [6.45, 7) is 4.23. The SMILES string of the molecule is CCCCCCCCC(NC)C1CCCOC1. The Hall–Kier alpha value is -0.0800. The zero-order valence-corrected chi connectivity index (χ0v) is 11.8. The first kappa shape index (κ1) is 15.0. The molecule has 1 heterocycles. The van der Waals surface area contributed by atoms with E-state index in [9.17, 15) is 0 Å². The second kappa shape index (κ2) is 9.90. The summed E-state index contributed by atoms with van der Waals surface area (Å²) in [7, 11) is 2.11. The molecule has 1 aliphatic heterocycles. The molecule has 1 N–H and O–H groups in total. The van der Waals surface area contributed by atoms with Crippen LogP contribution in [0.15, 0.2) is 0 Å². The summed E-state index contributed by atoms with van der Waals surface area (Å²) in [6.07, 6.45) is 12.3. The fourth-order valence-corrected chi connectivity index (χ4v) is 2.84. The number of ether oxygens (including phenoxy) is 1. The van der Waals surface area contributed by atoms with Gasteiger partial charge < -0.3 is 10.1 Å². The van der Waals surface area contributed by atoms with Crippen molar-refractivity contribution >= 4 is 0 Å². The van der Waals surface area contributed by atoms with Crippen LogP contribution in [0.1, 0.15) is 64.7 Å². The van der Waals surface area contributed by atoms with Gasteiger partial charge in [0.1, 0.15) is 0 Å². The highest BCUT2D eigenvalue weighted by molar-refractivity contribution is 4.77. The Bertz CT molecular complexity index is 166. The molecule has 1 aliphatic rings. The molecule has 0 radical (unpaired) electrons. The second-order valence-corrected chi connectivity index (χ2v) is 5.43. The van der Waals surface area contributed by atoms with E-state index >= 15 is 0 Å². The van der Waals surface area contributed by atoms with Crippen molar-refractivity contribution in [3.8, 4) is 0 Å². The predicted molar refractivity (Wildman–Crippen MR) is 74.4 cm³/mol. The molecule has 0 aromatic heterocycles. The third-order valence-corrected chi connectivity index (χ3v) is 4.00. The second-order valence-electron chi connectivity index (χ2n) is 5.43. The summed E-state index contributed by atoms with van der Waals surface area (Å²) >= 11 is 0. The van der Waals surface area contributed by atoms with Crippen molar-refractivity contribution in [1.29, 1.82) is 0 Å². The molecule has 0 spiro atoms. The number of hydrogen-bond acceptors (Lipinski definition) is 2. The van der Waals surface area contributed by atoms with Gasteiger partial charge in [0.15, 0.2) is 0 Å². The number of nitrogens with one attached hydrogen (secondary N) is 1. The minimum Gasteiger partial charge on any atom is -0.381 e. The molecule has 102 valence electrons. The van der Waals surface area contributed by atoms with Crippen molar-refractivity contribution in [1.82, 2.24) is 5.32 Å². The van der Waals surface area contributed by atoms with Crippen LogP contribution >= 0.6 is 0 Å². The van der Waals surface area contributed by atoms with Crippen molar-refractivity contribution in [2.75, 3.05) is 20.3 Å². The highest BCUT2D eigenvalue weighted by atomic mass is 16.5. The Morgan fingerprint density at radius 1 is 1.18 bits per heavy atom. The highest BCUT2D eigenvalue weighted by Crippen LogP contribution is 2.21. The van der Waals surface area contributed by atoms with Crippen molar-refractivity contribution < 1.29 is 4.74 Å². The zero-order chi connectivity index (χ0) is 12.3. The molecule has 1 fully saturated rings. The first-order valence-corrected chi connectivity index (χ1v) is 7.63. The van der Waals surface area contributed by atoms with E-state index in [0.717, 1.165) is 19.1 Å². The molecule has 0 aromatic rings. The third kappa shape index (κ3) is 6.42. The molecule has 0 bridgehead atoms. The van der Waals surface area contributed by atoms with E-state index in [4.69, 9.17) is 4.74 Å². The molecule has 2 atom stereocenters. The van der Waals surface area contributed by atoms with Gasteiger partial charge in [-0.1, -0.05) is 45.4 Å². The van der Waals surface area contributed by atoms with Gasteiger partial charge in [0, 0.05) is 12.6 Å². The molecular formula is C15H31NO. The van der Waals surface area contributed by atoms with Crippen LogP contribution in [-0.4, -0.2) is 26.3 Å². The van der Waals surface area contributed by atoms with Crippen molar-refractivity contribution in [2.24, 2.45) is 5.92 Å². The molecular weight excluding hydrogens is 210 g/mol. The average molecular weight is 241 g/mol. The molecule has 1 saturated heterocycles. The maximum absolute atomic E-state index is 5.58. The number of unbranched alkanes of at least 4 members (excludes halogenated alkanes) is 5. The summed E-state index contributed by atoms with van der Waals surface area (Å²) in [5.74, 6) is 0.754. The van der Waals surface area contributed by atoms with Gasteiger partial charge in [-0.2, -0.15) is 0 Å². The Balaban J connectivity index is 2.05. The smallest absolute Gasteiger partial charge is 0.0509 e. The Morgan fingerprint density at radius 2 is 1.94 bits per heavy atom. The lowest BCUT2D eigenvalue weighted by Crippen LogP contribution is -2.38. The standard InChI is InChI=1S/C15H31NO/c1-3-4-5-6-7-8-11-15(16-2)14-10-9-12-17-13-14/h14-16H,3-13H2,1-2H3. The lowest BCUT2D eigenvalue weighted by Gasteiger charge is -2.30. The topological polar surface area (TPSA) is 21.3 Å². The van der Waals surface area contributed by atoms with E-state index in [2.05, 4.69) is 19.3 Å². The van der Waals surface area contributed by atoms with Crippen LogP contribution in [0.5, 0.6) is 0 Å². The Kier molecular flexibility index (Phi) is 8.72. The summed E-state index contributed by atoms with van der Waals surface area (Å²) in [6, 6.07) is 0.682. The summed E-state index contributed by atoms with van der Waals surface area (Å²) in [5, 5.41) is 3.49. The van der Waals surface area contributed by atoms with Gasteiger partial charge in [0.25, 0.3) is 0 Å².